The molecule has 1 aromatic carbocycles. The van der Waals surface area contributed by atoms with Gasteiger partial charge < -0.3 is 0 Å². The molecule has 1 aromatic rings. The standard InChI is InChI=1S/C12H10N2O3/c1-2-7-5-3-4-6-8(7)9-10(15)11(16)14-12(17)13-9/h3-6H,2H2,1H3,(H,14,16,17). The summed E-state index contributed by atoms with van der Waals surface area (Å²) in [4.78, 5) is 37.6. The average Bonchev–Trinajstić information content (AvgIpc) is 2.33. The first-order valence-electron chi connectivity index (χ1n) is 5.20. The van der Waals surface area contributed by atoms with Crippen LogP contribution in [0.3, 0.4) is 0 Å². The smallest absolute Gasteiger partial charge is 0.281 e. The van der Waals surface area contributed by atoms with Crippen molar-refractivity contribution in [2.24, 2.45) is 4.99 Å². The van der Waals surface area contributed by atoms with Crippen molar-refractivity contribution in [3.8, 4) is 0 Å². The third-order valence-corrected chi connectivity index (χ3v) is 2.51. The Hall–Kier alpha value is -2.30. The molecule has 0 aliphatic carbocycles. The van der Waals surface area contributed by atoms with Crippen LogP contribution in [0.15, 0.2) is 29.3 Å². The quantitative estimate of drug-likeness (QED) is 0.765. The summed E-state index contributed by atoms with van der Waals surface area (Å²) in [5.41, 5.74) is 1.35. The van der Waals surface area contributed by atoms with Gasteiger partial charge in [0.15, 0.2) is 0 Å². The summed E-state index contributed by atoms with van der Waals surface area (Å²) in [7, 11) is 0. The van der Waals surface area contributed by atoms with Crippen molar-refractivity contribution >= 4 is 23.4 Å². The van der Waals surface area contributed by atoms with Gasteiger partial charge in [0.2, 0.25) is 0 Å². The van der Waals surface area contributed by atoms with Gasteiger partial charge in [0.05, 0.1) is 0 Å². The predicted molar refractivity (Wildman–Crippen MR) is 60.9 cm³/mol. The van der Waals surface area contributed by atoms with Crippen LogP contribution in [0.2, 0.25) is 0 Å². The van der Waals surface area contributed by atoms with Gasteiger partial charge in [0.25, 0.3) is 5.78 Å². The summed E-state index contributed by atoms with van der Waals surface area (Å²) < 4.78 is 0. The molecular weight excluding hydrogens is 220 g/mol. The second-order valence-corrected chi connectivity index (χ2v) is 3.56. The van der Waals surface area contributed by atoms with E-state index >= 15 is 0 Å². The molecule has 0 radical (unpaired) electrons. The van der Waals surface area contributed by atoms with Crippen molar-refractivity contribution in [3.63, 3.8) is 0 Å². The fourth-order valence-electron chi connectivity index (χ4n) is 1.68. The van der Waals surface area contributed by atoms with Gasteiger partial charge in [-0.3, -0.25) is 14.9 Å². The van der Waals surface area contributed by atoms with Gasteiger partial charge in [-0.1, -0.05) is 31.2 Å². The van der Waals surface area contributed by atoms with E-state index in [-0.39, 0.29) is 5.71 Å². The summed E-state index contributed by atoms with van der Waals surface area (Å²) in [5, 5.41) is 1.85. The van der Waals surface area contributed by atoms with Crippen molar-refractivity contribution in [2.45, 2.75) is 13.3 Å². The lowest BCUT2D eigenvalue weighted by Crippen LogP contribution is -2.44. The minimum absolute atomic E-state index is 0.0730. The second-order valence-electron chi connectivity index (χ2n) is 3.56. The van der Waals surface area contributed by atoms with Gasteiger partial charge in [-0.15, -0.1) is 0 Å². The molecule has 1 N–H and O–H groups in total. The summed E-state index contributed by atoms with van der Waals surface area (Å²) in [6.07, 6.45) is 0.693. The largest absolute Gasteiger partial charge is 0.348 e. The van der Waals surface area contributed by atoms with Gasteiger partial charge in [-0.05, 0) is 12.0 Å². The van der Waals surface area contributed by atoms with Crippen LogP contribution < -0.4 is 5.32 Å². The van der Waals surface area contributed by atoms with Crippen LogP contribution in [0.25, 0.3) is 0 Å². The third kappa shape index (κ3) is 1.99. The lowest BCUT2D eigenvalue weighted by Gasteiger charge is -2.12. The van der Waals surface area contributed by atoms with E-state index < -0.39 is 17.7 Å². The van der Waals surface area contributed by atoms with Crippen LogP contribution in [0, 0.1) is 0 Å². The summed E-state index contributed by atoms with van der Waals surface area (Å²) in [6.45, 7) is 1.93. The topological polar surface area (TPSA) is 75.6 Å². The van der Waals surface area contributed by atoms with E-state index in [2.05, 4.69) is 4.99 Å². The van der Waals surface area contributed by atoms with Gasteiger partial charge in [0, 0.05) is 5.56 Å². The number of imide groups is 1. The first kappa shape index (κ1) is 11.2. The van der Waals surface area contributed by atoms with E-state index in [9.17, 15) is 14.4 Å². The van der Waals surface area contributed by atoms with Crippen LogP contribution in [-0.2, 0) is 16.0 Å². The third-order valence-electron chi connectivity index (χ3n) is 2.51. The highest BCUT2D eigenvalue weighted by Gasteiger charge is 2.30. The van der Waals surface area contributed by atoms with E-state index in [1.807, 2.05) is 24.4 Å². The number of aliphatic imine (C=N–C) groups is 1. The lowest BCUT2D eigenvalue weighted by molar-refractivity contribution is -0.133. The Kier molecular flexibility index (Phi) is 2.82. The minimum atomic E-state index is -0.925. The Balaban J connectivity index is 2.55. The highest BCUT2D eigenvalue weighted by Crippen LogP contribution is 2.13. The molecule has 17 heavy (non-hydrogen) atoms. The van der Waals surface area contributed by atoms with Crippen LogP contribution in [0.5, 0.6) is 0 Å². The number of rotatable bonds is 2. The molecule has 0 saturated carbocycles. The first-order valence-corrected chi connectivity index (χ1v) is 5.20. The molecule has 0 atom stereocenters. The maximum atomic E-state index is 11.6. The number of hydrogen-bond acceptors (Lipinski definition) is 3. The van der Waals surface area contributed by atoms with Crippen molar-refractivity contribution in [1.82, 2.24) is 5.32 Å². The van der Waals surface area contributed by atoms with Crippen LogP contribution in [0.4, 0.5) is 4.79 Å². The van der Waals surface area contributed by atoms with Crippen LogP contribution >= 0.6 is 0 Å². The minimum Gasteiger partial charge on any atom is -0.281 e. The number of aryl methyl sites for hydroxylation is 1. The number of nitrogens with zero attached hydrogens (tertiary/aromatic N) is 1. The lowest BCUT2D eigenvalue weighted by atomic mass is 9.97. The molecule has 1 aliphatic heterocycles. The molecule has 0 saturated heterocycles. The molecule has 1 aliphatic rings. The fraction of sp³-hybridized carbons (Fsp3) is 0.167. The molecule has 3 amide bonds. The van der Waals surface area contributed by atoms with Crippen LogP contribution in [-0.4, -0.2) is 23.4 Å². The molecule has 0 spiro atoms. The van der Waals surface area contributed by atoms with E-state index in [0.717, 1.165) is 5.56 Å². The van der Waals surface area contributed by atoms with E-state index in [1.54, 1.807) is 12.1 Å². The summed E-state index contributed by atoms with van der Waals surface area (Å²) in [5.74, 6) is -1.70. The Bertz CT molecular complexity index is 546. The molecule has 86 valence electrons. The van der Waals surface area contributed by atoms with Crippen LogP contribution in [0.1, 0.15) is 18.1 Å². The highest BCUT2D eigenvalue weighted by atomic mass is 16.2. The molecule has 0 aromatic heterocycles. The Morgan fingerprint density at radius 2 is 1.88 bits per heavy atom. The van der Waals surface area contributed by atoms with E-state index in [1.165, 1.54) is 0 Å². The number of benzene rings is 1. The normalized spacial score (nSPS) is 15.6. The average molecular weight is 230 g/mol. The molecular formula is C12H10N2O3. The zero-order chi connectivity index (χ0) is 12.4. The summed E-state index contributed by atoms with van der Waals surface area (Å²) >= 11 is 0. The monoisotopic (exact) mass is 230 g/mol. The molecule has 0 fully saturated rings. The number of hydrogen-bond donors (Lipinski definition) is 1. The predicted octanol–water partition coefficient (Wildman–Crippen LogP) is 0.857. The van der Waals surface area contributed by atoms with Gasteiger partial charge in [-0.2, -0.15) is 4.99 Å². The van der Waals surface area contributed by atoms with Gasteiger partial charge in [-0.25, -0.2) is 4.79 Å². The first-order chi connectivity index (χ1) is 8.13. The van der Waals surface area contributed by atoms with E-state index in [0.29, 0.717) is 12.0 Å². The fourth-order valence-corrected chi connectivity index (χ4v) is 1.68. The SMILES string of the molecule is CCc1ccccc1C1=NC(=O)NC(=O)C1=O. The molecule has 5 nitrogen and oxygen atoms in total. The Morgan fingerprint density at radius 3 is 2.59 bits per heavy atom. The maximum absolute atomic E-state index is 11.6. The Morgan fingerprint density at radius 1 is 1.18 bits per heavy atom. The molecule has 5 heteroatoms. The zero-order valence-electron chi connectivity index (χ0n) is 9.19. The van der Waals surface area contributed by atoms with E-state index in [4.69, 9.17) is 0 Å². The number of ketones is 1. The summed E-state index contributed by atoms with van der Waals surface area (Å²) in [6, 6.07) is 6.29. The molecule has 0 bridgehead atoms. The zero-order valence-corrected chi connectivity index (χ0v) is 9.19. The van der Waals surface area contributed by atoms with Gasteiger partial charge >= 0.3 is 11.9 Å². The number of amides is 3. The second kappa shape index (κ2) is 4.29. The van der Waals surface area contributed by atoms with Crippen molar-refractivity contribution < 1.29 is 14.4 Å². The van der Waals surface area contributed by atoms with Crippen molar-refractivity contribution in [1.29, 1.82) is 0 Å². The number of urea groups is 1. The van der Waals surface area contributed by atoms with Crippen molar-refractivity contribution in [3.05, 3.63) is 35.4 Å². The van der Waals surface area contributed by atoms with Gasteiger partial charge in [0.1, 0.15) is 5.71 Å². The number of carbonyl (C=O) groups is 3. The highest BCUT2D eigenvalue weighted by molar-refractivity contribution is 6.70. The molecule has 0 unspecified atom stereocenters. The maximum Gasteiger partial charge on any atom is 0.348 e. The molecule has 1 heterocycles. The van der Waals surface area contributed by atoms with Crippen molar-refractivity contribution in [2.75, 3.05) is 0 Å². The number of carbonyl (C=O) groups excluding carboxylic acids is 3. The molecule has 2 rings (SSSR count). The Labute approximate surface area is 97.5 Å². The number of nitrogens with one attached hydrogen (secondary N) is 1. The number of Topliss-reactive ketones (excluding diaryl/α,β-unsaturated/α-hetero) is 1.